The van der Waals surface area contributed by atoms with Gasteiger partial charge >= 0.3 is 0 Å². The number of ether oxygens (including phenoxy) is 3. The summed E-state index contributed by atoms with van der Waals surface area (Å²) in [6.07, 6.45) is 30.3. The van der Waals surface area contributed by atoms with Crippen LogP contribution in [0.3, 0.4) is 0 Å². The number of hydrogen-bond acceptors (Lipinski definition) is 4. The molecule has 0 fully saturated rings. The molecule has 0 N–H and O–H groups in total. The predicted molar refractivity (Wildman–Crippen MR) is 181 cm³/mol. The standard InChI is InChI=1S/C38H68O4/c1-5-8-11-14-17-20-23-26-29-40-36-32-35(34(4)39)33-37(41-30-27-24-21-18-15-12-9-6-2)38(36)42-31-28-25-22-19-16-13-10-7-3/h32-33H,5-31H2,1-4H3. The van der Waals surface area contributed by atoms with Crippen molar-refractivity contribution >= 4 is 5.78 Å². The molecule has 0 aromatic heterocycles. The van der Waals surface area contributed by atoms with Gasteiger partial charge in [0.15, 0.2) is 17.3 Å². The van der Waals surface area contributed by atoms with Crippen molar-refractivity contribution in [2.24, 2.45) is 0 Å². The quantitative estimate of drug-likeness (QED) is 0.0639. The molecule has 0 aliphatic heterocycles. The minimum absolute atomic E-state index is 0.0264. The molecule has 1 aromatic carbocycles. The van der Waals surface area contributed by atoms with Gasteiger partial charge < -0.3 is 14.2 Å². The van der Waals surface area contributed by atoms with Crippen molar-refractivity contribution in [2.75, 3.05) is 19.8 Å². The summed E-state index contributed by atoms with van der Waals surface area (Å²) in [6, 6.07) is 3.72. The second kappa shape index (κ2) is 28.1. The molecule has 1 aromatic rings. The molecular formula is C38H68O4. The molecule has 42 heavy (non-hydrogen) atoms. The highest BCUT2D eigenvalue weighted by Gasteiger charge is 2.17. The number of Topliss-reactive ketones (excluding diaryl/α,β-unsaturated/α-hetero) is 1. The molecule has 0 spiro atoms. The Hall–Kier alpha value is -1.71. The predicted octanol–water partition coefficient (Wildman–Crippen LogP) is 12.4. The lowest BCUT2D eigenvalue weighted by molar-refractivity contribution is 0.101. The van der Waals surface area contributed by atoms with E-state index in [0.717, 1.165) is 19.3 Å². The maximum Gasteiger partial charge on any atom is 0.203 e. The van der Waals surface area contributed by atoms with E-state index in [9.17, 15) is 4.79 Å². The number of carbonyl (C=O) groups is 1. The van der Waals surface area contributed by atoms with Gasteiger partial charge in [0.1, 0.15) is 0 Å². The highest BCUT2D eigenvalue weighted by Crippen LogP contribution is 2.40. The van der Waals surface area contributed by atoms with Gasteiger partial charge in [-0.3, -0.25) is 4.79 Å². The van der Waals surface area contributed by atoms with Gasteiger partial charge in [-0.05, 0) is 38.3 Å². The van der Waals surface area contributed by atoms with E-state index in [-0.39, 0.29) is 5.78 Å². The Balaban J connectivity index is 2.69. The van der Waals surface area contributed by atoms with Crippen LogP contribution in [0.25, 0.3) is 0 Å². The van der Waals surface area contributed by atoms with Crippen LogP contribution >= 0.6 is 0 Å². The van der Waals surface area contributed by atoms with Crippen molar-refractivity contribution in [3.8, 4) is 17.2 Å². The fraction of sp³-hybridized carbons (Fsp3) is 0.816. The van der Waals surface area contributed by atoms with Gasteiger partial charge in [-0.15, -0.1) is 0 Å². The lowest BCUT2D eigenvalue weighted by Gasteiger charge is -2.18. The zero-order valence-electron chi connectivity index (χ0n) is 28.4. The van der Waals surface area contributed by atoms with Crippen molar-refractivity contribution < 1.29 is 19.0 Å². The first-order chi connectivity index (χ1) is 20.6. The van der Waals surface area contributed by atoms with Crippen LogP contribution < -0.4 is 14.2 Å². The summed E-state index contributed by atoms with van der Waals surface area (Å²) >= 11 is 0. The van der Waals surface area contributed by atoms with E-state index in [1.54, 1.807) is 6.92 Å². The Morgan fingerprint density at radius 3 is 1.05 bits per heavy atom. The Labute approximate surface area is 261 Å². The zero-order valence-corrected chi connectivity index (χ0v) is 28.4. The van der Waals surface area contributed by atoms with Crippen LogP contribution in [-0.4, -0.2) is 25.6 Å². The zero-order chi connectivity index (χ0) is 30.5. The van der Waals surface area contributed by atoms with Crippen molar-refractivity contribution in [1.82, 2.24) is 0 Å². The molecule has 0 saturated carbocycles. The van der Waals surface area contributed by atoms with Crippen molar-refractivity contribution in [3.05, 3.63) is 17.7 Å². The fourth-order valence-corrected chi connectivity index (χ4v) is 5.38. The molecule has 0 amide bonds. The van der Waals surface area contributed by atoms with Gasteiger partial charge in [-0.2, -0.15) is 0 Å². The van der Waals surface area contributed by atoms with E-state index in [2.05, 4.69) is 20.8 Å². The molecule has 1 rings (SSSR count). The number of ketones is 1. The average molecular weight is 589 g/mol. The van der Waals surface area contributed by atoms with Crippen molar-refractivity contribution in [3.63, 3.8) is 0 Å². The third-order valence-electron chi connectivity index (χ3n) is 8.18. The highest BCUT2D eigenvalue weighted by atomic mass is 16.5. The van der Waals surface area contributed by atoms with E-state index in [4.69, 9.17) is 14.2 Å². The topological polar surface area (TPSA) is 44.8 Å². The van der Waals surface area contributed by atoms with E-state index >= 15 is 0 Å². The molecule has 0 heterocycles. The van der Waals surface area contributed by atoms with Crippen LogP contribution in [-0.2, 0) is 0 Å². The first kappa shape index (κ1) is 38.3. The minimum atomic E-state index is 0.0264. The summed E-state index contributed by atoms with van der Waals surface area (Å²) in [5.74, 6) is 2.04. The molecule has 0 unspecified atom stereocenters. The van der Waals surface area contributed by atoms with Gasteiger partial charge in [0.25, 0.3) is 0 Å². The van der Waals surface area contributed by atoms with Gasteiger partial charge in [-0.1, -0.05) is 156 Å². The lowest BCUT2D eigenvalue weighted by Crippen LogP contribution is -2.08. The third-order valence-corrected chi connectivity index (χ3v) is 8.18. The molecule has 4 heteroatoms. The molecule has 0 radical (unpaired) electrons. The number of carbonyl (C=O) groups excluding carboxylic acids is 1. The summed E-state index contributed by atoms with van der Waals surface area (Å²) in [4.78, 5) is 12.4. The normalized spacial score (nSPS) is 11.1. The maximum absolute atomic E-state index is 12.4. The molecule has 0 bridgehead atoms. The Bertz CT molecular complexity index is 716. The largest absolute Gasteiger partial charge is 0.490 e. The van der Waals surface area contributed by atoms with Crippen LogP contribution in [0, 0.1) is 0 Å². The van der Waals surface area contributed by atoms with Crippen LogP contribution in [0.4, 0.5) is 0 Å². The summed E-state index contributed by atoms with van der Waals surface area (Å²) in [7, 11) is 0. The van der Waals surface area contributed by atoms with Crippen LogP contribution in [0.5, 0.6) is 17.2 Å². The van der Waals surface area contributed by atoms with Crippen molar-refractivity contribution in [2.45, 2.75) is 182 Å². The molecule has 0 saturated heterocycles. The molecule has 244 valence electrons. The summed E-state index contributed by atoms with van der Waals surface area (Å²) < 4.78 is 18.9. The summed E-state index contributed by atoms with van der Waals surface area (Å²) in [6.45, 7) is 10.3. The third kappa shape index (κ3) is 20.2. The van der Waals surface area contributed by atoms with E-state index in [1.807, 2.05) is 12.1 Å². The lowest BCUT2D eigenvalue weighted by atomic mass is 10.1. The SMILES string of the molecule is CCCCCCCCCCOc1cc(C(C)=O)cc(OCCCCCCCCCC)c1OCCCCCCCCCC. The smallest absolute Gasteiger partial charge is 0.203 e. The van der Waals surface area contributed by atoms with Crippen LogP contribution in [0.2, 0.25) is 0 Å². The van der Waals surface area contributed by atoms with E-state index < -0.39 is 0 Å². The molecule has 4 nitrogen and oxygen atoms in total. The number of benzene rings is 1. The molecule has 0 aliphatic rings. The first-order valence-electron chi connectivity index (χ1n) is 18.2. The van der Waals surface area contributed by atoms with Gasteiger partial charge in [0.05, 0.1) is 19.8 Å². The minimum Gasteiger partial charge on any atom is -0.490 e. The van der Waals surface area contributed by atoms with Crippen LogP contribution in [0.1, 0.15) is 192 Å². The highest BCUT2D eigenvalue weighted by molar-refractivity contribution is 5.95. The Morgan fingerprint density at radius 2 is 0.738 bits per heavy atom. The van der Waals surface area contributed by atoms with Crippen molar-refractivity contribution in [1.29, 1.82) is 0 Å². The first-order valence-corrected chi connectivity index (χ1v) is 18.2. The fourth-order valence-electron chi connectivity index (χ4n) is 5.38. The molecular weight excluding hydrogens is 520 g/mol. The van der Waals surface area contributed by atoms with E-state index in [0.29, 0.717) is 42.6 Å². The van der Waals surface area contributed by atoms with Gasteiger partial charge in [-0.25, -0.2) is 0 Å². The average Bonchev–Trinajstić information content (AvgIpc) is 2.99. The number of hydrogen-bond donors (Lipinski definition) is 0. The number of unbranched alkanes of at least 4 members (excludes halogenated alkanes) is 21. The van der Waals surface area contributed by atoms with Gasteiger partial charge in [0, 0.05) is 5.56 Å². The number of rotatable bonds is 31. The Morgan fingerprint density at radius 1 is 0.452 bits per heavy atom. The molecule has 0 atom stereocenters. The summed E-state index contributed by atoms with van der Waals surface area (Å²) in [5, 5.41) is 0. The second-order valence-electron chi connectivity index (χ2n) is 12.3. The maximum atomic E-state index is 12.4. The van der Waals surface area contributed by atoms with E-state index in [1.165, 1.54) is 135 Å². The monoisotopic (exact) mass is 589 g/mol. The second-order valence-corrected chi connectivity index (χ2v) is 12.3. The summed E-state index contributed by atoms with van der Waals surface area (Å²) in [5.41, 5.74) is 0.631. The van der Waals surface area contributed by atoms with Gasteiger partial charge in [0.2, 0.25) is 5.75 Å². The Kier molecular flexibility index (Phi) is 25.6. The molecule has 0 aliphatic carbocycles. The van der Waals surface area contributed by atoms with Crippen LogP contribution in [0.15, 0.2) is 12.1 Å².